The number of esters is 1. The van der Waals surface area contributed by atoms with Crippen LogP contribution in [0.5, 0.6) is 0 Å². The number of ether oxygens (including phenoxy) is 1. The van der Waals surface area contributed by atoms with E-state index in [2.05, 4.69) is 19.9 Å². The zero-order valence-corrected chi connectivity index (χ0v) is 20.8. The first-order valence-corrected chi connectivity index (χ1v) is 13.2. The van der Waals surface area contributed by atoms with Gasteiger partial charge in [-0.1, -0.05) is 103 Å². The van der Waals surface area contributed by atoms with Crippen molar-refractivity contribution in [1.82, 2.24) is 4.90 Å². The molecule has 0 aromatic heterocycles. The minimum absolute atomic E-state index is 0.0363. The summed E-state index contributed by atoms with van der Waals surface area (Å²) in [5.74, 6) is -0.270. The first-order chi connectivity index (χ1) is 15.1. The van der Waals surface area contributed by atoms with Crippen LogP contribution in [0.3, 0.4) is 0 Å². The van der Waals surface area contributed by atoms with Crippen LogP contribution in [0.15, 0.2) is 12.2 Å². The summed E-state index contributed by atoms with van der Waals surface area (Å²) in [6.45, 7) is 7.14. The predicted molar refractivity (Wildman–Crippen MR) is 130 cm³/mol. The molecule has 1 fully saturated rings. The lowest BCUT2D eigenvalue weighted by atomic mass is 9.94. The lowest BCUT2D eigenvalue weighted by Gasteiger charge is -2.33. The highest BCUT2D eigenvalue weighted by atomic mass is 16.5. The summed E-state index contributed by atoms with van der Waals surface area (Å²) in [5.41, 5.74) is -0.881. The van der Waals surface area contributed by atoms with Crippen molar-refractivity contribution in [2.45, 2.75) is 135 Å². The standard InChI is InChI=1S/C27H49NO3/c1-4-6-8-10-12-14-16-18-21-27(22-20-23-28(27)25(3)29)26(30)31-24-19-17-15-13-11-9-7-5-2/h18,21H,4-17,19-20,22-24H2,1-3H3/b21-18+. The lowest BCUT2D eigenvalue weighted by Crippen LogP contribution is -2.52. The largest absolute Gasteiger partial charge is 0.464 e. The third-order valence-electron chi connectivity index (χ3n) is 6.50. The molecule has 1 atom stereocenters. The van der Waals surface area contributed by atoms with Gasteiger partial charge in [-0.25, -0.2) is 4.79 Å². The van der Waals surface area contributed by atoms with E-state index in [-0.39, 0.29) is 11.9 Å². The Morgan fingerprint density at radius 2 is 1.39 bits per heavy atom. The number of likely N-dealkylation sites (tertiary alicyclic amines) is 1. The molecule has 0 aromatic rings. The fourth-order valence-corrected chi connectivity index (χ4v) is 4.58. The van der Waals surface area contributed by atoms with E-state index in [1.807, 2.05) is 6.08 Å². The van der Waals surface area contributed by atoms with Gasteiger partial charge in [0.25, 0.3) is 0 Å². The van der Waals surface area contributed by atoms with E-state index in [0.717, 1.165) is 32.1 Å². The summed E-state index contributed by atoms with van der Waals surface area (Å²) in [4.78, 5) is 27.0. The Hall–Kier alpha value is -1.32. The monoisotopic (exact) mass is 435 g/mol. The maximum absolute atomic E-state index is 13.1. The average Bonchev–Trinajstić information content (AvgIpc) is 3.20. The Balaban J connectivity index is 2.44. The highest BCUT2D eigenvalue weighted by molar-refractivity contribution is 5.90. The van der Waals surface area contributed by atoms with Crippen molar-refractivity contribution in [3.63, 3.8) is 0 Å². The van der Waals surface area contributed by atoms with Crippen LogP contribution in [0.2, 0.25) is 0 Å². The van der Waals surface area contributed by atoms with Gasteiger partial charge in [0, 0.05) is 13.5 Å². The molecule has 0 spiro atoms. The van der Waals surface area contributed by atoms with Gasteiger partial charge in [-0.3, -0.25) is 4.79 Å². The summed E-state index contributed by atoms with van der Waals surface area (Å²) < 4.78 is 5.69. The molecular formula is C27H49NO3. The summed E-state index contributed by atoms with van der Waals surface area (Å²) >= 11 is 0. The van der Waals surface area contributed by atoms with Crippen molar-refractivity contribution in [2.75, 3.05) is 13.2 Å². The highest BCUT2D eigenvalue weighted by Crippen LogP contribution is 2.33. The molecule has 0 radical (unpaired) electrons. The molecule has 0 saturated carbocycles. The van der Waals surface area contributed by atoms with Crippen LogP contribution in [0, 0.1) is 0 Å². The molecule has 1 aliphatic heterocycles. The predicted octanol–water partition coefficient (Wildman–Crippen LogP) is 7.36. The normalized spacial score (nSPS) is 18.7. The van der Waals surface area contributed by atoms with Crippen molar-refractivity contribution in [3.05, 3.63) is 12.2 Å². The van der Waals surface area contributed by atoms with E-state index in [9.17, 15) is 9.59 Å². The molecule has 1 unspecified atom stereocenters. The Bertz CT molecular complexity index is 517. The first kappa shape index (κ1) is 27.7. The molecule has 1 saturated heterocycles. The zero-order chi connectivity index (χ0) is 22.8. The van der Waals surface area contributed by atoms with Crippen LogP contribution in [0.25, 0.3) is 0 Å². The lowest BCUT2D eigenvalue weighted by molar-refractivity contribution is -0.158. The van der Waals surface area contributed by atoms with Crippen LogP contribution in [-0.4, -0.2) is 35.5 Å². The Morgan fingerprint density at radius 3 is 1.97 bits per heavy atom. The third-order valence-corrected chi connectivity index (χ3v) is 6.50. The summed E-state index contributed by atoms with van der Waals surface area (Å²) in [6.07, 6.45) is 23.9. The molecule has 0 N–H and O–H groups in total. The fourth-order valence-electron chi connectivity index (χ4n) is 4.58. The second kappa shape index (κ2) is 17.3. The number of carbonyl (C=O) groups excluding carboxylic acids is 2. The molecule has 0 aromatic carbocycles. The summed E-state index contributed by atoms with van der Waals surface area (Å²) in [7, 11) is 0. The molecule has 0 aliphatic carbocycles. The van der Waals surface area contributed by atoms with Crippen molar-refractivity contribution in [1.29, 1.82) is 0 Å². The number of hydrogen-bond acceptors (Lipinski definition) is 3. The van der Waals surface area contributed by atoms with Gasteiger partial charge in [0.1, 0.15) is 0 Å². The second-order valence-corrected chi connectivity index (χ2v) is 9.27. The third kappa shape index (κ3) is 10.7. The van der Waals surface area contributed by atoms with Gasteiger partial charge >= 0.3 is 5.97 Å². The Kier molecular flexibility index (Phi) is 15.4. The van der Waals surface area contributed by atoms with Crippen LogP contribution < -0.4 is 0 Å². The van der Waals surface area contributed by atoms with E-state index >= 15 is 0 Å². The maximum Gasteiger partial charge on any atom is 0.336 e. The summed E-state index contributed by atoms with van der Waals surface area (Å²) in [6, 6.07) is 0. The number of hydrogen-bond donors (Lipinski definition) is 0. The van der Waals surface area contributed by atoms with Crippen LogP contribution >= 0.6 is 0 Å². The number of amides is 1. The van der Waals surface area contributed by atoms with Crippen LogP contribution in [0.1, 0.15) is 130 Å². The van der Waals surface area contributed by atoms with E-state index < -0.39 is 5.54 Å². The molecule has 180 valence electrons. The van der Waals surface area contributed by atoms with Crippen molar-refractivity contribution < 1.29 is 14.3 Å². The average molecular weight is 436 g/mol. The van der Waals surface area contributed by atoms with Crippen molar-refractivity contribution in [2.24, 2.45) is 0 Å². The molecule has 1 aliphatic rings. The van der Waals surface area contributed by atoms with Gasteiger partial charge in [-0.15, -0.1) is 0 Å². The minimum atomic E-state index is -0.881. The number of nitrogens with zero attached hydrogens (tertiary/aromatic N) is 1. The molecule has 4 heteroatoms. The molecule has 1 rings (SSSR count). The quantitative estimate of drug-likeness (QED) is 0.128. The number of unbranched alkanes of at least 4 members (excludes halogenated alkanes) is 13. The van der Waals surface area contributed by atoms with Gasteiger partial charge < -0.3 is 9.64 Å². The molecule has 4 nitrogen and oxygen atoms in total. The van der Waals surface area contributed by atoms with Gasteiger partial charge in [0.2, 0.25) is 5.91 Å². The van der Waals surface area contributed by atoms with Gasteiger partial charge in [-0.2, -0.15) is 0 Å². The topological polar surface area (TPSA) is 46.6 Å². The Morgan fingerprint density at radius 1 is 0.839 bits per heavy atom. The molecule has 0 bridgehead atoms. The van der Waals surface area contributed by atoms with Crippen LogP contribution in [0.4, 0.5) is 0 Å². The van der Waals surface area contributed by atoms with Crippen molar-refractivity contribution in [3.8, 4) is 0 Å². The smallest absolute Gasteiger partial charge is 0.336 e. The molecular weight excluding hydrogens is 386 g/mol. The second-order valence-electron chi connectivity index (χ2n) is 9.27. The van der Waals surface area contributed by atoms with Gasteiger partial charge in [0.15, 0.2) is 5.54 Å². The SMILES string of the molecule is CCCCCCCC/C=C/C1(C(=O)OCCCCCCCCCC)CCCN1C(C)=O. The van der Waals surface area contributed by atoms with E-state index in [0.29, 0.717) is 19.6 Å². The van der Waals surface area contributed by atoms with E-state index in [1.54, 1.807) is 11.8 Å². The number of allylic oxidation sites excluding steroid dienone is 1. The highest BCUT2D eigenvalue weighted by Gasteiger charge is 2.48. The molecule has 1 amide bonds. The van der Waals surface area contributed by atoms with Gasteiger partial charge in [-0.05, 0) is 32.1 Å². The Labute approximate surface area is 192 Å². The fraction of sp³-hybridized carbons (Fsp3) is 0.852. The van der Waals surface area contributed by atoms with Gasteiger partial charge in [0.05, 0.1) is 6.61 Å². The first-order valence-electron chi connectivity index (χ1n) is 13.2. The van der Waals surface area contributed by atoms with E-state index in [1.165, 1.54) is 70.6 Å². The number of rotatable bonds is 18. The zero-order valence-electron chi connectivity index (χ0n) is 20.8. The minimum Gasteiger partial charge on any atom is -0.464 e. The van der Waals surface area contributed by atoms with Crippen LogP contribution in [-0.2, 0) is 14.3 Å². The molecule has 31 heavy (non-hydrogen) atoms. The van der Waals surface area contributed by atoms with E-state index in [4.69, 9.17) is 4.74 Å². The maximum atomic E-state index is 13.1. The number of carbonyl (C=O) groups is 2. The molecule has 1 heterocycles. The van der Waals surface area contributed by atoms with Crippen molar-refractivity contribution >= 4 is 11.9 Å². The summed E-state index contributed by atoms with van der Waals surface area (Å²) in [5, 5.41) is 0.